The van der Waals surface area contributed by atoms with Crippen LogP contribution in [0.5, 0.6) is 0 Å². The number of amides is 1. The van der Waals surface area contributed by atoms with E-state index in [1.807, 2.05) is 50.2 Å². The van der Waals surface area contributed by atoms with Crippen LogP contribution in [0.25, 0.3) is 0 Å². The summed E-state index contributed by atoms with van der Waals surface area (Å²) in [5.74, 6) is -0.478. The highest BCUT2D eigenvalue weighted by atomic mass is 79.9. The van der Waals surface area contributed by atoms with Gasteiger partial charge in [0.2, 0.25) is 5.91 Å². The molecule has 0 aliphatic carbocycles. The van der Waals surface area contributed by atoms with Crippen LogP contribution in [0, 0.1) is 5.92 Å². The quantitative estimate of drug-likeness (QED) is 0.447. The maximum atomic E-state index is 12.5. The third kappa shape index (κ3) is 5.87. The topological polar surface area (TPSA) is 58.6 Å². The van der Waals surface area contributed by atoms with Crippen LogP contribution in [0.15, 0.2) is 53.0 Å². The number of rotatable bonds is 7. The molecule has 1 amide bonds. The van der Waals surface area contributed by atoms with Gasteiger partial charge in [-0.3, -0.25) is 4.79 Å². The second kappa shape index (κ2) is 10.5. The molecule has 5 nitrogen and oxygen atoms in total. The van der Waals surface area contributed by atoms with E-state index in [-0.39, 0.29) is 17.9 Å². The maximum Gasteiger partial charge on any atom is 0.340 e. The van der Waals surface area contributed by atoms with Crippen LogP contribution in [-0.4, -0.2) is 34.9 Å². The Morgan fingerprint density at radius 1 is 1.14 bits per heavy atom. The molecule has 0 aromatic heterocycles. The minimum Gasteiger partial charge on any atom is -0.465 e. The fourth-order valence-corrected chi connectivity index (χ4v) is 4.09. The van der Waals surface area contributed by atoms with Crippen LogP contribution < -0.4 is 5.32 Å². The monoisotopic (exact) mass is 476 g/mol. The Morgan fingerprint density at radius 2 is 1.79 bits per heavy atom. The van der Waals surface area contributed by atoms with Crippen molar-refractivity contribution >= 4 is 50.7 Å². The largest absolute Gasteiger partial charge is 0.465 e. The molecule has 2 aromatic rings. The van der Waals surface area contributed by atoms with Crippen molar-refractivity contribution in [3.63, 3.8) is 0 Å². The molecular weight excluding hydrogens is 452 g/mol. The molecule has 7 heteroatoms. The average Bonchev–Trinajstić information content (AvgIpc) is 2.68. The van der Waals surface area contributed by atoms with Crippen molar-refractivity contribution in [1.29, 1.82) is 0 Å². The van der Waals surface area contributed by atoms with Crippen LogP contribution >= 0.6 is 28.1 Å². The normalized spacial score (nSPS) is 11.7. The van der Waals surface area contributed by atoms with E-state index in [0.29, 0.717) is 27.3 Å². The van der Waals surface area contributed by atoms with Gasteiger partial charge in [-0.2, -0.15) is 0 Å². The molecule has 1 atom stereocenters. The Hall–Kier alpha value is -2.25. The fourth-order valence-electron chi connectivity index (χ4n) is 3.12. The van der Waals surface area contributed by atoms with Gasteiger partial charge >= 0.3 is 5.97 Å². The van der Waals surface area contributed by atoms with Crippen molar-refractivity contribution in [2.24, 2.45) is 5.92 Å². The molecule has 0 heterocycles. The van der Waals surface area contributed by atoms with Gasteiger partial charge in [-0.15, -0.1) is 0 Å². The number of para-hydroxylation sites is 1. The minimum atomic E-state index is -0.467. The van der Waals surface area contributed by atoms with E-state index in [0.717, 1.165) is 5.56 Å². The van der Waals surface area contributed by atoms with Crippen molar-refractivity contribution < 1.29 is 14.3 Å². The smallest absolute Gasteiger partial charge is 0.340 e. The third-order valence-corrected chi connectivity index (χ3v) is 5.51. The first kappa shape index (κ1) is 23.0. The molecule has 154 valence electrons. The first-order valence-corrected chi connectivity index (χ1v) is 10.4. The second-order valence-corrected chi connectivity index (χ2v) is 8.26. The molecule has 0 saturated carbocycles. The van der Waals surface area contributed by atoms with Gasteiger partial charge in [0.25, 0.3) is 0 Å². The van der Waals surface area contributed by atoms with Gasteiger partial charge < -0.3 is 15.0 Å². The number of hydrogen-bond acceptors (Lipinski definition) is 4. The lowest BCUT2D eigenvalue weighted by Crippen LogP contribution is -2.48. The average molecular weight is 477 g/mol. The van der Waals surface area contributed by atoms with Crippen molar-refractivity contribution in [1.82, 2.24) is 4.90 Å². The molecule has 0 radical (unpaired) electrons. The highest BCUT2D eigenvalue weighted by molar-refractivity contribution is 9.10. The predicted octanol–water partition coefficient (Wildman–Crippen LogP) is 5.05. The summed E-state index contributed by atoms with van der Waals surface area (Å²) in [4.78, 5) is 26.9. The van der Waals surface area contributed by atoms with Gasteiger partial charge in [-0.1, -0.05) is 62.5 Å². The Kier molecular flexibility index (Phi) is 8.34. The van der Waals surface area contributed by atoms with E-state index in [1.165, 1.54) is 7.11 Å². The van der Waals surface area contributed by atoms with Gasteiger partial charge in [0, 0.05) is 17.9 Å². The Bertz CT molecular complexity index is 887. The summed E-state index contributed by atoms with van der Waals surface area (Å²) in [6, 6.07) is 14.7. The number of halogens is 1. The summed E-state index contributed by atoms with van der Waals surface area (Å²) in [7, 11) is 1.33. The van der Waals surface area contributed by atoms with E-state index in [2.05, 4.69) is 21.2 Å². The Morgan fingerprint density at radius 3 is 2.34 bits per heavy atom. The van der Waals surface area contributed by atoms with E-state index in [9.17, 15) is 9.59 Å². The zero-order valence-corrected chi connectivity index (χ0v) is 19.3. The molecule has 29 heavy (non-hydrogen) atoms. The molecular formula is C22H25BrN2O3S. The lowest BCUT2D eigenvalue weighted by molar-refractivity contribution is -0.131. The number of carbonyl (C=O) groups excluding carboxylic acids is 2. The summed E-state index contributed by atoms with van der Waals surface area (Å²) < 4.78 is 5.56. The van der Waals surface area contributed by atoms with Gasteiger partial charge in [0.1, 0.15) is 4.99 Å². The first-order valence-electron chi connectivity index (χ1n) is 9.25. The number of thiocarbonyl (C=S) groups is 1. The molecule has 0 aliphatic heterocycles. The third-order valence-electron chi connectivity index (χ3n) is 4.50. The molecule has 0 aliphatic rings. The number of nitrogens with one attached hydrogen (secondary N) is 1. The SMILES string of the molecule is COC(=O)c1cccc(Br)c1NC(=S)C(C(C)C)N(Cc1ccccc1)C(C)=O. The number of nitrogens with zero attached hydrogens (tertiary/aromatic N) is 1. The lowest BCUT2D eigenvalue weighted by atomic mass is 10.0. The number of methoxy groups -OCH3 is 1. The number of benzene rings is 2. The molecule has 0 bridgehead atoms. The summed E-state index contributed by atoms with van der Waals surface area (Å²) >= 11 is 9.18. The minimum absolute atomic E-state index is 0.0617. The fraction of sp³-hybridized carbons (Fsp3) is 0.318. The molecule has 0 spiro atoms. The Balaban J connectivity index is 2.36. The predicted molar refractivity (Wildman–Crippen MR) is 123 cm³/mol. The van der Waals surface area contributed by atoms with Crippen LogP contribution in [0.4, 0.5) is 5.69 Å². The van der Waals surface area contributed by atoms with Gasteiger partial charge in [-0.05, 0) is 39.5 Å². The van der Waals surface area contributed by atoms with Crippen molar-refractivity contribution in [2.45, 2.75) is 33.4 Å². The van der Waals surface area contributed by atoms with E-state index < -0.39 is 5.97 Å². The summed E-state index contributed by atoms with van der Waals surface area (Å²) in [6.07, 6.45) is 0. The highest BCUT2D eigenvalue weighted by Crippen LogP contribution is 2.29. The van der Waals surface area contributed by atoms with Crippen molar-refractivity contribution in [3.8, 4) is 0 Å². The number of carbonyl (C=O) groups is 2. The molecule has 1 unspecified atom stereocenters. The zero-order valence-electron chi connectivity index (χ0n) is 16.9. The molecule has 2 aromatic carbocycles. The van der Waals surface area contributed by atoms with E-state index in [4.69, 9.17) is 17.0 Å². The van der Waals surface area contributed by atoms with Crippen LogP contribution in [0.3, 0.4) is 0 Å². The van der Waals surface area contributed by atoms with Crippen LogP contribution in [0.1, 0.15) is 36.7 Å². The molecule has 2 rings (SSSR count). The van der Waals surface area contributed by atoms with E-state index in [1.54, 1.807) is 24.0 Å². The number of ether oxygens (including phenoxy) is 1. The summed E-state index contributed by atoms with van der Waals surface area (Å²) in [5.41, 5.74) is 1.91. The molecule has 1 N–H and O–H groups in total. The lowest BCUT2D eigenvalue weighted by Gasteiger charge is -2.35. The van der Waals surface area contributed by atoms with Crippen LogP contribution in [-0.2, 0) is 16.1 Å². The zero-order chi connectivity index (χ0) is 21.6. The second-order valence-electron chi connectivity index (χ2n) is 6.96. The van der Waals surface area contributed by atoms with Crippen LogP contribution in [0.2, 0.25) is 0 Å². The summed E-state index contributed by atoms with van der Waals surface area (Å²) in [6.45, 7) is 6.02. The number of anilines is 1. The standard InChI is InChI=1S/C22H25BrN2O3S/c1-14(2)20(25(15(3)26)13-16-9-6-5-7-10-16)21(29)24-19-17(22(27)28-4)11-8-12-18(19)23/h5-12,14,20H,13H2,1-4H3,(H,24,29). The summed E-state index contributed by atoms with van der Waals surface area (Å²) in [5, 5.41) is 3.19. The number of hydrogen-bond donors (Lipinski definition) is 1. The highest BCUT2D eigenvalue weighted by Gasteiger charge is 2.29. The van der Waals surface area contributed by atoms with Gasteiger partial charge in [0.05, 0.1) is 24.4 Å². The first-order chi connectivity index (χ1) is 13.8. The van der Waals surface area contributed by atoms with Gasteiger partial charge in [0.15, 0.2) is 0 Å². The number of esters is 1. The maximum absolute atomic E-state index is 12.5. The van der Waals surface area contributed by atoms with Crippen molar-refractivity contribution in [3.05, 3.63) is 64.1 Å². The van der Waals surface area contributed by atoms with Crippen molar-refractivity contribution in [2.75, 3.05) is 12.4 Å². The Labute approximate surface area is 185 Å². The molecule has 0 fully saturated rings. The molecule has 0 saturated heterocycles. The van der Waals surface area contributed by atoms with E-state index >= 15 is 0 Å². The van der Waals surface area contributed by atoms with Gasteiger partial charge in [-0.25, -0.2) is 4.79 Å².